The van der Waals surface area contributed by atoms with Gasteiger partial charge < -0.3 is 4.90 Å². The maximum absolute atomic E-state index is 13.0. The van der Waals surface area contributed by atoms with Gasteiger partial charge in [0, 0.05) is 35.4 Å². The lowest BCUT2D eigenvalue weighted by molar-refractivity contribution is -0.133. The van der Waals surface area contributed by atoms with Crippen molar-refractivity contribution in [2.24, 2.45) is 5.92 Å². The van der Waals surface area contributed by atoms with E-state index < -0.39 is 0 Å². The molecule has 0 N–H and O–H groups in total. The molecule has 1 aromatic carbocycles. The molecule has 3 aromatic rings. The summed E-state index contributed by atoms with van der Waals surface area (Å²) in [6, 6.07) is 8.87. The van der Waals surface area contributed by atoms with Gasteiger partial charge >= 0.3 is 5.69 Å². The van der Waals surface area contributed by atoms with Crippen LogP contribution in [-0.2, 0) is 11.3 Å². The van der Waals surface area contributed by atoms with E-state index >= 15 is 0 Å². The predicted molar refractivity (Wildman–Crippen MR) is 107 cm³/mol. The summed E-state index contributed by atoms with van der Waals surface area (Å²) in [5.74, 6) is 1.05. The smallest absolute Gasteiger partial charge is 0.341 e. The first-order valence-corrected chi connectivity index (χ1v) is 9.81. The summed E-state index contributed by atoms with van der Waals surface area (Å²) in [6.07, 6.45) is 1.99. The maximum atomic E-state index is 13.0. The van der Waals surface area contributed by atoms with Crippen LogP contribution in [0.1, 0.15) is 25.5 Å². The van der Waals surface area contributed by atoms with Crippen LogP contribution in [0.25, 0.3) is 17.0 Å². The van der Waals surface area contributed by atoms with Crippen molar-refractivity contribution < 1.29 is 4.79 Å². The van der Waals surface area contributed by atoms with Crippen molar-refractivity contribution in [2.75, 3.05) is 13.1 Å². The van der Waals surface area contributed by atoms with Gasteiger partial charge in [-0.2, -0.15) is 0 Å². The number of carbonyl (C=O) groups is 1. The molecule has 0 radical (unpaired) electrons. The third-order valence-electron chi connectivity index (χ3n) is 5.22. The highest BCUT2D eigenvalue weighted by Gasteiger charge is 2.22. The Bertz CT molecular complexity index is 1080. The Kier molecular flexibility index (Phi) is 4.93. The van der Waals surface area contributed by atoms with Crippen LogP contribution in [0.5, 0.6) is 0 Å². The molecule has 0 aliphatic carbocycles. The van der Waals surface area contributed by atoms with Gasteiger partial charge in [-0.3, -0.25) is 4.79 Å². The van der Waals surface area contributed by atoms with Crippen LogP contribution in [0.15, 0.2) is 35.1 Å². The predicted octanol–water partition coefficient (Wildman–Crippen LogP) is 2.78. The summed E-state index contributed by atoms with van der Waals surface area (Å²) in [6.45, 7) is 5.45. The Morgan fingerprint density at radius 2 is 1.89 bits per heavy atom. The van der Waals surface area contributed by atoms with Gasteiger partial charge in [0.15, 0.2) is 5.65 Å². The van der Waals surface area contributed by atoms with Crippen molar-refractivity contribution in [2.45, 2.75) is 33.2 Å². The SMILES string of the molecule is Cc1cc2nn(CC(=O)N3CCC(C)CC3)c(=O)n2c(-c2ccc(Cl)cc2)n1. The number of rotatable bonds is 3. The molecule has 28 heavy (non-hydrogen) atoms. The maximum Gasteiger partial charge on any atom is 0.352 e. The number of likely N-dealkylation sites (tertiary alicyclic amines) is 1. The number of nitrogens with zero attached hydrogens (tertiary/aromatic N) is 5. The van der Waals surface area contributed by atoms with Gasteiger partial charge in [-0.05, 0) is 49.9 Å². The minimum atomic E-state index is -0.369. The molecule has 0 spiro atoms. The number of fused-ring (bicyclic) bond motifs is 1. The second kappa shape index (κ2) is 7.39. The van der Waals surface area contributed by atoms with Gasteiger partial charge in [-0.15, -0.1) is 5.10 Å². The summed E-state index contributed by atoms with van der Waals surface area (Å²) in [7, 11) is 0. The van der Waals surface area contributed by atoms with E-state index in [1.54, 1.807) is 18.2 Å². The van der Waals surface area contributed by atoms with Crippen LogP contribution in [0.3, 0.4) is 0 Å². The third kappa shape index (κ3) is 3.54. The van der Waals surface area contributed by atoms with Crippen molar-refractivity contribution in [3.63, 3.8) is 0 Å². The van der Waals surface area contributed by atoms with Crippen molar-refractivity contribution >= 4 is 23.2 Å². The Morgan fingerprint density at radius 1 is 1.21 bits per heavy atom. The van der Waals surface area contributed by atoms with Crippen LogP contribution in [-0.4, -0.2) is 43.1 Å². The fraction of sp³-hybridized carbons (Fsp3) is 0.400. The van der Waals surface area contributed by atoms with E-state index in [0.717, 1.165) is 37.2 Å². The molecule has 1 amide bonds. The summed E-state index contributed by atoms with van der Waals surface area (Å²) in [4.78, 5) is 32.0. The molecule has 7 nitrogen and oxygen atoms in total. The average Bonchev–Trinajstić information content (AvgIpc) is 2.97. The quantitative estimate of drug-likeness (QED) is 0.678. The molecule has 8 heteroatoms. The molecule has 0 atom stereocenters. The third-order valence-corrected chi connectivity index (χ3v) is 5.47. The summed E-state index contributed by atoms with van der Waals surface area (Å²) in [5, 5.41) is 4.99. The van der Waals surface area contributed by atoms with Crippen LogP contribution >= 0.6 is 11.6 Å². The molecule has 0 saturated carbocycles. The lowest BCUT2D eigenvalue weighted by Crippen LogP contribution is -2.41. The first-order chi connectivity index (χ1) is 13.4. The number of hydrogen-bond donors (Lipinski definition) is 0. The number of aryl methyl sites for hydroxylation is 1. The number of amides is 1. The van der Waals surface area contributed by atoms with E-state index in [4.69, 9.17) is 11.6 Å². The summed E-state index contributed by atoms with van der Waals surface area (Å²) >= 11 is 5.98. The Balaban J connectivity index is 1.70. The Morgan fingerprint density at radius 3 is 2.57 bits per heavy atom. The zero-order valence-corrected chi connectivity index (χ0v) is 16.7. The molecule has 3 heterocycles. The molecule has 0 bridgehead atoms. The molecule has 1 fully saturated rings. The van der Waals surface area contributed by atoms with Crippen LogP contribution in [0.2, 0.25) is 5.02 Å². The van der Waals surface area contributed by atoms with E-state index in [2.05, 4.69) is 17.0 Å². The molecule has 1 saturated heterocycles. The number of carbonyl (C=O) groups excluding carboxylic acids is 1. The molecule has 2 aromatic heterocycles. The molecule has 0 unspecified atom stereocenters. The fourth-order valence-corrected chi connectivity index (χ4v) is 3.66. The highest BCUT2D eigenvalue weighted by atomic mass is 35.5. The number of benzene rings is 1. The summed E-state index contributed by atoms with van der Waals surface area (Å²) < 4.78 is 2.68. The number of hydrogen-bond acceptors (Lipinski definition) is 4. The molecule has 1 aliphatic rings. The monoisotopic (exact) mass is 399 g/mol. The molecular weight excluding hydrogens is 378 g/mol. The standard InChI is InChI=1S/C20H22ClN5O2/c1-13-7-9-24(10-8-13)18(27)12-25-20(28)26-17(23-25)11-14(2)22-19(26)15-3-5-16(21)6-4-15/h3-6,11,13H,7-10,12H2,1-2H3. The van der Waals surface area contributed by atoms with E-state index in [1.807, 2.05) is 24.0 Å². The number of piperidine rings is 1. The normalized spacial score (nSPS) is 15.3. The van der Waals surface area contributed by atoms with Crippen molar-refractivity contribution in [3.05, 3.63) is 51.5 Å². The van der Waals surface area contributed by atoms with Gasteiger partial charge in [0.1, 0.15) is 12.4 Å². The van der Waals surface area contributed by atoms with Crippen molar-refractivity contribution in [1.82, 2.24) is 24.1 Å². The van der Waals surface area contributed by atoms with Gasteiger partial charge in [0.25, 0.3) is 0 Å². The molecule has 4 rings (SSSR count). The first kappa shape index (κ1) is 18.7. The van der Waals surface area contributed by atoms with E-state index in [9.17, 15) is 9.59 Å². The zero-order chi connectivity index (χ0) is 19.8. The van der Waals surface area contributed by atoms with Gasteiger partial charge in [-0.25, -0.2) is 18.9 Å². The number of halogens is 1. The van der Waals surface area contributed by atoms with Crippen LogP contribution in [0, 0.1) is 12.8 Å². The lowest BCUT2D eigenvalue weighted by Gasteiger charge is -2.30. The molecule has 1 aliphatic heterocycles. The molecular formula is C20H22ClN5O2. The van der Waals surface area contributed by atoms with E-state index in [-0.39, 0.29) is 18.1 Å². The van der Waals surface area contributed by atoms with Gasteiger partial charge in [0.2, 0.25) is 5.91 Å². The Labute approximate surface area is 167 Å². The second-order valence-corrected chi connectivity index (χ2v) is 7.86. The average molecular weight is 400 g/mol. The van der Waals surface area contributed by atoms with Crippen molar-refractivity contribution in [3.8, 4) is 11.4 Å². The van der Waals surface area contributed by atoms with E-state index in [1.165, 1.54) is 9.08 Å². The Hall–Kier alpha value is -2.67. The van der Waals surface area contributed by atoms with Gasteiger partial charge in [0.05, 0.1) is 0 Å². The topological polar surface area (TPSA) is 72.5 Å². The summed E-state index contributed by atoms with van der Waals surface area (Å²) in [5.41, 5.74) is 1.61. The minimum Gasteiger partial charge on any atom is -0.341 e. The van der Waals surface area contributed by atoms with Crippen LogP contribution < -0.4 is 5.69 Å². The van der Waals surface area contributed by atoms with Crippen molar-refractivity contribution in [1.29, 1.82) is 0 Å². The van der Waals surface area contributed by atoms with E-state index in [0.29, 0.717) is 22.4 Å². The zero-order valence-electron chi connectivity index (χ0n) is 15.9. The minimum absolute atomic E-state index is 0.0615. The lowest BCUT2D eigenvalue weighted by atomic mass is 9.99. The molecule has 146 valence electrons. The highest BCUT2D eigenvalue weighted by molar-refractivity contribution is 6.30. The van der Waals surface area contributed by atoms with Gasteiger partial charge in [-0.1, -0.05) is 18.5 Å². The number of aromatic nitrogens is 4. The largest absolute Gasteiger partial charge is 0.352 e. The fourth-order valence-electron chi connectivity index (χ4n) is 3.53. The first-order valence-electron chi connectivity index (χ1n) is 9.43. The second-order valence-electron chi connectivity index (χ2n) is 7.43. The highest BCUT2D eigenvalue weighted by Crippen LogP contribution is 2.21. The van der Waals surface area contributed by atoms with Crippen LogP contribution in [0.4, 0.5) is 0 Å².